The molecule has 0 saturated carbocycles. The van der Waals surface area contributed by atoms with Crippen molar-refractivity contribution in [2.24, 2.45) is 10.9 Å². The molecule has 112 valence electrons. The molecule has 1 aromatic rings. The van der Waals surface area contributed by atoms with E-state index < -0.39 is 0 Å². The molecule has 0 saturated heterocycles. The van der Waals surface area contributed by atoms with Crippen molar-refractivity contribution < 1.29 is 9.94 Å². The molecule has 20 heavy (non-hydrogen) atoms. The molecule has 0 atom stereocenters. The fraction of sp³-hybridized carbons (Fsp3) is 0.500. The van der Waals surface area contributed by atoms with E-state index >= 15 is 0 Å². The first kappa shape index (κ1) is 16.7. The number of nitrogens with two attached hydrogens (primary N) is 1. The maximum absolute atomic E-state index is 8.91. The Hall–Kier alpha value is -1.40. The Balaban J connectivity index is 2.84. The molecule has 0 radical (unpaired) electrons. The van der Waals surface area contributed by atoms with Gasteiger partial charge in [-0.1, -0.05) is 25.1 Å². The third kappa shape index (κ3) is 4.31. The third-order valence-electron chi connectivity index (χ3n) is 3.13. The van der Waals surface area contributed by atoms with Gasteiger partial charge in [-0.2, -0.15) is 0 Å². The molecule has 0 amide bonds. The van der Waals surface area contributed by atoms with Gasteiger partial charge >= 0.3 is 0 Å². The summed E-state index contributed by atoms with van der Waals surface area (Å²) in [7, 11) is 0. The molecule has 0 aliphatic carbocycles. The van der Waals surface area contributed by atoms with Crippen LogP contribution in [-0.2, 0) is 0 Å². The van der Waals surface area contributed by atoms with E-state index in [4.69, 9.17) is 15.7 Å². The van der Waals surface area contributed by atoms with Gasteiger partial charge in [0.05, 0.1) is 5.56 Å². The van der Waals surface area contributed by atoms with Crippen molar-refractivity contribution in [3.63, 3.8) is 0 Å². The van der Waals surface area contributed by atoms with Crippen LogP contribution < -0.4 is 10.5 Å². The lowest BCUT2D eigenvalue weighted by Crippen LogP contribution is -2.28. The second-order valence-electron chi connectivity index (χ2n) is 4.19. The van der Waals surface area contributed by atoms with Crippen LogP contribution in [0.25, 0.3) is 0 Å². The summed E-state index contributed by atoms with van der Waals surface area (Å²) in [4.78, 5) is 3.21. The van der Waals surface area contributed by atoms with Crippen molar-refractivity contribution in [2.45, 2.75) is 18.7 Å². The summed E-state index contributed by atoms with van der Waals surface area (Å²) in [5, 5.41) is 12.0. The predicted octanol–water partition coefficient (Wildman–Crippen LogP) is 2.22. The first-order valence-electron chi connectivity index (χ1n) is 6.67. The summed E-state index contributed by atoms with van der Waals surface area (Å²) in [6, 6.07) is 5.68. The summed E-state index contributed by atoms with van der Waals surface area (Å²) in [5.74, 6) is 0.729. The van der Waals surface area contributed by atoms with Crippen LogP contribution >= 0.6 is 11.8 Å². The SMILES string of the molecule is CCN(CC)CCOc1cccc(SC)c1/C(N)=N/O. The van der Waals surface area contributed by atoms with Gasteiger partial charge in [-0.3, -0.25) is 0 Å². The van der Waals surface area contributed by atoms with Crippen LogP contribution in [-0.4, -0.2) is 48.4 Å². The van der Waals surface area contributed by atoms with E-state index in [0.717, 1.165) is 24.5 Å². The molecule has 5 nitrogen and oxygen atoms in total. The Labute approximate surface area is 124 Å². The Kier molecular flexibility index (Phi) is 7.25. The second kappa shape index (κ2) is 8.71. The summed E-state index contributed by atoms with van der Waals surface area (Å²) < 4.78 is 5.81. The van der Waals surface area contributed by atoms with Crippen LogP contribution in [0.1, 0.15) is 19.4 Å². The number of thioether (sulfide) groups is 1. The quantitative estimate of drug-likeness (QED) is 0.253. The molecule has 3 N–H and O–H groups in total. The van der Waals surface area contributed by atoms with Crippen LogP contribution in [0.15, 0.2) is 28.3 Å². The number of benzene rings is 1. The Bertz CT molecular complexity index is 448. The molecule has 0 heterocycles. The van der Waals surface area contributed by atoms with Gasteiger partial charge in [0.15, 0.2) is 5.84 Å². The number of nitrogens with zero attached hydrogens (tertiary/aromatic N) is 2. The van der Waals surface area contributed by atoms with Crippen LogP contribution in [0, 0.1) is 0 Å². The molecule has 1 rings (SSSR count). The number of likely N-dealkylation sites (N-methyl/N-ethyl adjacent to an activating group) is 1. The lowest BCUT2D eigenvalue weighted by molar-refractivity contribution is 0.222. The van der Waals surface area contributed by atoms with Crippen molar-refractivity contribution in [3.8, 4) is 5.75 Å². The lowest BCUT2D eigenvalue weighted by Gasteiger charge is -2.19. The van der Waals surface area contributed by atoms with Gasteiger partial charge in [0, 0.05) is 11.4 Å². The van der Waals surface area contributed by atoms with E-state index in [1.54, 1.807) is 0 Å². The average Bonchev–Trinajstić information content (AvgIpc) is 2.50. The topological polar surface area (TPSA) is 71.1 Å². The van der Waals surface area contributed by atoms with Crippen molar-refractivity contribution in [2.75, 3.05) is 32.5 Å². The zero-order chi connectivity index (χ0) is 15.0. The number of oxime groups is 1. The first-order valence-corrected chi connectivity index (χ1v) is 7.90. The van der Waals surface area contributed by atoms with E-state index in [-0.39, 0.29) is 5.84 Å². The fourth-order valence-electron chi connectivity index (χ4n) is 1.93. The highest BCUT2D eigenvalue weighted by Gasteiger charge is 2.13. The second-order valence-corrected chi connectivity index (χ2v) is 5.04. The summed E-state index contributed by atoms with van der Waals surface area (Å²) in [6.07, 6.45) is 1.95. The molecule has 0 aromatic heterocycles. The van der Waals surface area contributed by atoms with Crippen LogP contribution in [0.3, 0.4) is 0 Å². The van der Waals surface area contributed by atoms with Crippen molar-refractivity contribution in [1.82, 2.24) is 4.90 Å². The van der Waals surface area contributed by atoms with E-state index in [2.05, 4.69) is 23.9 Å². The normalized spacial score (nSPS) is 11.9. The van der Waals surface area contributed by atoms with Gasteiger partial charge in [-0.05, 0) is 31.5 Å². The Morgan fingerprint density at radius 2 is 2.10 bits per heavy atom. The number of rotatable bonds is 8. The number of hydrogen-bond acceptors (Lipinski definition) is 5. The van der Waals surface area contributed by atoms with Gasteiger partial charge in [-0.25, -0.2) is 0 Å². The molecule has 1 aromatic carbocycles. The number of hydrogen-bond donors (Lipinski definition) is 2. The predicted molar refractivity (Wildman–Crippen MR) is 84.0 cm³/mol. The molecule has 0 aliphatic rings. The molecular weight excluding hydrogens is 274 g/mol. The summed E-state index contributed by atoms with van der Waals surface area (Å²) in [6.45, 7) is 7.67. The lowest BCUT2D eigenvalue weighted by atomic mass is 10.2. The Morgan fingerprint density at radius 3 is 2.65 bits per heavy atom. The van der Waals surface area contributed by atoms with Gasteiger partial charge in [0.25, 0.3) is 0 Å². The van der Waals surface area contributed by atoms with E-state index in [1.807, 2.05) is 24.5 Å². The van der Waals surface area contributed by atoms with E-state index in [9.17, 15) is 0 Å². The summed E-state index contributed by atoms with van der Waals surface area (Å²) >= 11 is 1.54. The minimum atomic E-state index is 0.0767. The average molecular weight is 297 g/mol. The molecule has 0 unspecified atom stereocenters. The highest BCUT2D eigenvalue weighted by Crippen LogP contribution is 2.28. The van der Waals surface area contributed by atoms with Crippen molar-refractivity contribution >= 4 is 17.6 Å². The van der Waals surface area contributed by atoms with Crippen molar-refractivity contribution in [3.05, 3.63) is 23.8 Å². The molecular formula is C14H23N3O2S. The van der Waals surface area contributed by atoms with E-state index in [1.165, 1.54) is 11.8 Å². The van der Waals surface area contributed by atoms with Gasteiger partial charge < -0.3 is 20.6 Å². The first-order chi connectivity index (χ1) is 9.67. The summed E-state index contributed by atoms with van der Waals surface area (Å²) in [5.41, 5.74) is 6.41. The van der Waals surface area contributed by atoms with Crippen LogP contribution in [0.5, 0.6) is 5.75 Å². The highest BCUT2D eigenvalue weighted by molar-refractivity contribution is 7.98. The fourth-order valence-corrected chi connectivity index (χ4v) is 2.55. The number of amidine groups is 1. The molecule has 0 bridgehead atoms. The van der Waals surface area contributed by atoms with Gasteiger partial charge in [0.2, 0.25) is 0 Å². The van der Waals surface area contributed by atoms with Crippen molar-refractivity contribution in [1.29, 1.82) is 0 Å². The Morgan fingerprint density at radius 1 is 1.40 bits per heavy atom. The monoisotopic (exact) mass is 297 g/mol. The van der Waals surface area contributed by atoms with E-state index in [0.29, 0.717) is 17.9 Å². The molecule has 6 heteroatoms. The zero-order valence-electron chi connectivity index (χ0n) is 12.3. The minimum absolute atomic E-state index is 0.0767. The molecule has 0 spiro atoms. The highest BCUT2D eigenvalue weighted by atomic mass is 32.2. The van der Waals surface area contributed by atoms with Crippen LogP contribution in [0.2, 0.25) is 0 Å². The molecule has 0 fully saturated rings. The number of ether oxygens (including phenoxy) is 1. The maximum atomic E-state index is 8.91. The smallest absolute Gasteiger partial charge is 0.174 e. The van der Waals surface area contributed by atoms with Gasteiger partial charge in [0.1, 0.15) is 12.4 Å². The standard InChI is InChI=1S/C14H23N3O2S/c1-4-17(5-2)9-10-19-11-7-6-8-12(20-3)13(11)14(15)16-18/h6-8,18H,4-5,9-10H2,1-3H3,(H2,15,16). The zero-order valence-corrected chi connectivity index (χ0v) is 13.1. The van der Waals surface area contributed by atoms with Crippen LogP contribution in [0.4, 0.5) is 0 Å². The molecule has 0 aliphatic heterocycles. The maximum Gasteiger partial charge on any atom is 0.174 e. The minimum Gasteiger partial charge on any atom is -0.491 e. The largest absolute Gasteiger partial charge is 0.491 e. The third-order valence-corrected chi connectivity index (χ3v) is 3.91. The van der Waals surface area contributed by atoms with Gasteiger partial charge in [-0.15, -0.1) is 11.8 Å².